The molecule has 5 heteroatoms. The molecule has 1 heterocycles. The van der Waals surface area contributed by atoms with Crippen LogP contribution in [-0.2, 0) is 0 Å². The third-order valence-corrected chi connectivity index (χ3v) is 4.90. The number of hydrogen-bond acceptors (Lipinski definition) is 5. The van der Waals surface area contributed by atoms with Crippen LogP contribution in [0.15, 0.2) is 48.5 Å². The van der Waals surface area contributed by atoms with E-state index < -0.39 is 0 Å². The first-order valence-electron chi connectivity index (χ1n) is 9.27. The van der Waals surface area contributed by atoms with Gasteiger partial charge in [-0.3, -0.25) is 0 Å². The molecule has 2 N–H and O–H groups in total. The van der Waals surface area contributed by atoms with E-state index in [2.05, 4.69) is 21.7 Å². The summed E-state index contributed by atoms with van der Waals surface area (Å²) in [6, 6.07) is 16.4. The molecule has 0 spiro atoms. The van der Waals surface area contributed by atoms with Crippen LogP contribution in [0.1, 0.15) is 32.1 Å². The zero-order valence-electron chi connectivity index (χ0n) is 15.0. The summed E-state index contributed by atoms with van der Waals surface area (Å²) in [5.74, 6) is 2.25. The number of rotatable bonds is 5. The quantitative estimate of drug-likeness (QED) is 0.669. The first-order valence-corrected chi connectivity index (χ1v) is 9.27. The number of benzene rings is 2. The van der Waals surface area contributed by atoms with Crippen molar-refractivity contribution in [1.29, 1.82) is 0 Å². The number of para-hydroxylation sites is 3. The highest BCUT2D eigenvalue weighted by Crippen LogP contribution is 2.29. The minimum absolute atomic E-state index is 0.487. The highest BCUT2D eigenvalue weighted by atomic mass is 16.5. The second kappa shape index (κ2) is 7.60. The average Bonchev–Trinajstić information content (AvgIpc) is 2.69. The first-order chi connectivity index (χ1) is 12.8. The molecule has 0 bridgehead atoms. The van der Waals surface area contributed by atoms with Crippen LogP contribution in [0.5, 0.6) is 5.75 Å². The summed E-state index contributed by atoms with van der Waals surface area (Å²) < 4.78 is 5.42. The summed E-state index contributed by atoms with van der Waals surface area (Å²) in [6.07, 6.45) is 6.31. The Labute approximate surface area is 153 Å². The fourth-order valence-corrected chi connectivity index (χ4v) is 3.55. The van der Waals surface area contributed by atoms with Gasteiger partial charge in [0.1, 0.15) is 11.6 Å². The van der Waals surface area contributed by atoms with E-state index in [0.717, 1.165) is 28.2 Å². The fourth-order valence-electron chi connectivity index (χ4n) is 3.55. The average molecular weight is 348 g/mol. The van der Waals surface area contributed by atoms with Gasteiger partial charge in [0.15, 0.2) is 0 Å². The van der Waals surface area contributed by atoms with Crippen molar-refractivity contribution in [1.82, 2.24) is 9.97 Å². The van der Waals surface area contributed by atoms with Crippen molar-refractivity contribution in [2.75, 3.05) is 17.7 Å². The van der Waals surface area contributed by atoms with E-state index in [1.807, 2.05) is 42.5 Å². The minimum atomic E-state index is 0.487. The van der Waals surface area contributed by atoms with Crippen molar-refractivity contribution < 1.29 is 4.74 Å². The normalized spacial score (nSPS) is 15.0. The van der Waals surface area contributed by atoms with E-state index in [9.17, 15) is 0 Å². The third-order valence-electron chi connectivity index (χ3n) is 4.90. The summed E-state index contributed by atoms with van der Waals surface area (Å²) in [7, 11) is 1.66. The monoisotopic (exact) mass is 348 g/mol. The molecule has 2 aromatic carbocycles. The number of nitrogens with zero attached hydrogens (tertiary/aromatic N) is 2. The number of ether oxygens (including phenoxy) is 1. The fraction of sp³-hybridized carbons (Fsp3) is 0.333. The summed E-state index contributed by atoms with van der Waals surface area (Å²) >= 11 is 0. The van der Waals surface area contributed by atoms with Crippen LogP contribution in [0, 0.1) is 0 Å². The van der Waals surface area contributed by atoms with Crippen LogP contribution in [0.25, 0.3) is 10.9 Å². The summed E-state index contributed by atoms with van der Waals surface area (Å²) in [4.78, 5) is 9.46. The van der Waals surface area contributed by atoms with Crippen LogP contribution in [0.3, 0.4) is 0 Å². The Morgan fingerprint density at radius 2 is 1.69 bits per heavy atom. The molecule has 0 amide bonds. The van der Waals surface area contributed by atoms with Gasteiger partial charge in [0.25, 0.3) is 0 Å². The molecule has 1 aromatic heterocycles. The van der Waals surface area contributed by atoms with Crippen molar-refractivity contribution in [3.8, 4) is 5.75 Å². The largest absolute Gasteiger partial charge is 0.495 e. The standard InChI is InChI=1S/C21H24N4O/c1-26-19-14-8-7-13-18(19)24-21-23-17-12-6-5-11-16(17)20(25-21)22-15-9-3-2-4-10-15/h5-8,11-15H,2-4,9-10H2,1H3,(H2,22,23,24,25). The molecule has 5 nitrogen and oxygen atoms in total. The topological polar surface area (TPSA) is 59.1 Å². The molecule has 1 saturated carbocycles. The lowest BCUT2D eigenvalue weighted by molar-refractivity contribution is 0.417. The molecule has 1 aliphatic carbocycles. The molecule has 0 saturated heterocycles. The Bertz CT molecular complexity index is 890. The zero-order chi connectivity index (χ0) is 17.8. The lowest BCUT2D eigenvalue weighted by Gasteiger charge is -2.24. The Morgan fingerprint density at radius 1 is 0.923 bits per heavy atom. The van der Waals surface area contributed by atoms with Crippen molar-refractivity contribution in [2.45, 2.75) is 38.1 Å². The van der Waals surface area contributed by atoms with E-state index in [1.165, 1.54) is 32.1 Å². The van der Waals surface area contributed by atoms with Gasteiger partial charge in [-0.2, -0.15) is 4.98 Å². The molecule has 1 aliphatic rings. The Balaban J connectivity index is 1.68. The zero-order valence-corrected chi connectivity index (χ0v) is 15.0. The maximum absolute atomic E-state index is 5.42. The predicted octanol–water partition coefficient (Wildman–Crippen LogP) is 5.13. The van der Waals surface area contributed by atoms with E-state index in [-0.39, 0.29) is 0 Å². The van der Waals surface area contributed by atoms with Gasteiger partial charge >= 0.3 is 0 Å². The van der Waals surface area contributed by atoms with Gasteiger partial charge in [-0.15, -0.1) is 0 Å². The number of anilines is 3. The molecular weight excluding hydrogens is 324 g/mol. The summed E-state index contributed by atoms with van der Waals surface area (Å²) in [6.45, 7) is 0. The van der Waals surface area contributed by atoms with Crippen molar-refractivity contribution >= 4 is 28.4 Å². The maximum atomic E-state index is 5.42. The minimum Gasteiger partial charge on any atom is -0.495 e. The smallest absolute Gasteiger partial charge is 0.229 e. The number of hydrogen-bond donors (Lipinski definition) is 2. The predicted molar refractivity (Wildman–Crippen MR) is 106 cm³/mol. The third kappa shape index (κ3) is 3.57. The van der Waals surface area contributed by atoms with Crippen LogP contribution in [-0.4, -0.2) is 23.1 Å². The number of fused-ring (bicyclic) bond motifs is 1. The lowest BCUT2D eigenvalue weighted by Crippen LogP contribution is -2.23. The van der Waals surface area contributed by atoms with Crippen molar-refractivity contribution in [3.63, 3.8) is 0 Å². The van der Waals surface area contributed by atoms with Gasteiger partial charge < -0.3 is 15.4 Å². The van der Waals surface area contributed by atoms with Crippen LogP contribution >= 0.6 is 0 Å². The van der Waals surface area contributed by atoms with Gasteiger partial charge in [-0.25, -0.2) is 4.98 Å². The molecule has 26 heavy (non-hydrogen) atoms. The molecule has 134 valence electrons. The van der Waals surface area contributed by atoms with Gasteiger partial charge in [0.2, 0.25) is 5.95 Å². The maximum Gasteiger partial charge on any atom is 0.229 e. The van der Waals surface area contributed by atoms with Gasteiger partial charge in [0, 0.05) is 11.4 Å². The van der Waals surface area contributed by atoms with E-state index in [4.69, 9.17) is 9.72 Å². The molecule has 4 rings (SSSR count). The Kier molecular flexibility index (Phi) is 4.86. The SMILES string of the molecule is COc1ccccc1Nc1nc(NC2CCCCC2)c2ccccc2n1. The van der Waals surface area contributed by atoms with Crippen molar-refractivity contribution in [3.05, 3.63) is 48.5 Å². The molecule has 3 aromatic rings. The van der Waals surface area contributed by atoms with Crippen LogP contribution in [0.4, 0.5) is 17.5 Å². The number of nitrogens with one attached hydrogen (secondary N) is 2. The molecular formula is C21H24N4O. The molecule has 0 radical (unpaired) electrons. The van der Waals surface area contributed by atoms with E-state index in [1.54, 1.807) is 7.11 Å². The van der Waals surface area contributed by atoms with E-state index in [0.29, 0.717) is 12.0 Å². The van der Waals surface area contributed by atoms with Crippen molar-refractivity contribution in [2.24, 2.45) is 0 Å². The second-order valence-corrected chi connectivity index (χ2v) is 6.72. The highest BCUT2D eigenvalue weighted by molar-refractivity contribution is 5.90. The number of methoxy groups -OCH3 is 1. The second-order valence-electron chi connectivity index (χ2n) is 6.72. The van der Waals surface area contributed by atoms with Crippen LogP contribution < -0.4 is 15.4 Å². The van der Waals surface area contributed by atoms with E-state index >= 15 is 0 Å². The molecule has 0 unspecified atom stereocenters. The lowest BCUT2D eigenvalue weighted by atomic mass is 9.95. The highest BCUT2D eigenvalue weighted by Gasteiger charge is 2.16. The first kappa shape index (κ1) is 16.6. The molecule has 0 aliphatic heterocycles. The Hall–Kier alpha value is -2.82. The van der Waals surface area contributed by atoms with Crippen LogP contribution in [0.2, 0.25) is 0 Å². The van der Waals surface area contributed by atoms with Gasteiger partial charge in [0.05, 0.1) is 18.3 Å². The molecule has 1 fully saturated rings. The Morgan fingerprint density at radius 3 is 2.54 bits per heavy atom. The van der Waals surface area contributed by atoms with Gasteiger partial charge in [-0.1, -0.05) is 43.5 Å². The summed E-state index contributed by atoms with van der Waals surface area (Å²) in [5, 5.41) is 8.02. The molecule has 0 atom stereocenters. The summed E-state index contributed by atoms with van der Waals surface area (Å²) in [5.41, 5.74) is 1.78. The number of aromatic nitrogens is 2. The van der Waals surface area contributed by atoms with Gasteiger partial charge in [-0.05, 0) is 37.1 Å².